The summed E-state index contributed by atoms with van der Waals surface area (Å²) in [6.45, 7) is 6.59. The first-order valence-corrected chi connectivity index (χ1v) is 12.7. The van der Waals surface area contributed by atoms with Crippen LogP contribution in [-0.4, -0.2) is 71.9 Å². The van der Waals surface area contributed by atoms with Crippen molar-refractivity contribution in [1.82, 2.24) is 15.5 Å². The fourth-order valence-corrected chi connectivity index (χ4v) is 3.99. The minimum Gasteiger partial charge on any atom is -0.396 e. The number of aliphatic hydroxyl groups excluding tert-OH is 2. The van der Waals surface area contributed by atoms with Gasteiger partial charge < -0.3 is 25.7 Å². The lowest BCUT2D eigenvalue weighted by Crippen LogP contribution is -2.48. The van der Waals surface area contributed by atoms with Crippen molar-refractivity contribution in [3.63, 3.8) is 0 Å². The second-order valence-electron chi connectivity index (χ2n) is 8.84. The van der Waals surface area contributed by atoms with Gasteiger partial charge in [0, 0.05) is 37.4 Å². The van der Waals surface area contributed by atoms with Gasteiger partial charge in [-0.15, -0.1) is 0 Å². The standard InChI is InChI=1S/C28H41N3O4/c1-3-16-31(17-4-2)28(35)24-14-10-13-23(20-24)27(34)30-25(19-22-11-6-5-7-12-22)26(33)21-29-15-8-9-18-32/h5-7,10-14,20,25-26,29,32-33H,3-4,8-9,15-19,21H2,1-2H3,(H,30,34)/t25?,26-/m1/s1. The maximum Gasteiger partial charge on any atom is 0.253 e. The molecule has 2 atom stereocenters. The summed E-state index contributed by atoms with van der Waals surface area (Å²) in [6.07, 6.45) is 2.94. The van der Waals surface area contributed by atoms with Crippen molar-refractivity contribution in [3.05, 3.63) is 71.3 Å². The van der Waals surface area contributed by atoms with Crippen LogP contribution in [-0.2, 0) is 6.42 Å². The molecule has 4 N–H and O–H groups in total. The van der Waals surface area contributed by atoms with Crippen molar-refractivity contribution in [2.45, 2.75) is 58.1 Å². The van der Waals surface area contributed by atoms with E-state index in [-0.39, 0.29) is 18.4 Å². The van der Waals surface area contributed by atoms with E-state index in [0.717, 1.165) is 24.8 Å². The molecule has 2 aromatic carbocycles. The third kappa shape index (κ3) is 9.80. The Balaban J connectivity index is 2.12. The molecule has 0 heterocycles. The molecular weight excluding hydrogens is 442 g/mol. The Morgan fingerprint density at radius 1 is 0.943 bits per heavy atom. The number of hydrogen-bond donors (Lipinski definition) is 4. The van der Waals surface area contributed by atoms with E-state index in [1.165, 1.54) is 0 Å². The molecule has 0 aliphatic rings. The highest BCUT2D eigenvalue weighted by molar-refractivity contribution is 5.99. The minimum atomic E-state index is -0.803. The van der Waals surface area contributed by atoms with Crippen molar-refractivity contribution in [3.8, 4) is 0 Å². The molecule has 192 valence electrons. The number of benzene rings is 2. The molecule has 2 aromatic rings. The topological polar surface area (TPSA) is 102 Å². The molecule has 7 nitrogen and oxygen atoms in total. The molecule has 2 amide bonds. The molecule has 0 aromatic heterocycles. The van der Waals surface area contributed by atoms with Crippen LogP contribution in [0.5, 0.6) is 0 Å². The van der Waals surface area contributed by atoms with Crippen LogP contribution in [0.2, 0.25) is 0 Å². The van der Waals surface area contributed by atoms with Gasteiger partial charge in [0.2, 0.25) is 0 Å². The van der Waals surface area contributed by atoms with Gasteiger partial charge >= 0.3 is 0 Å². The first-order chi connectivity index (χ1) is 17.0. The first-order valence-electron chi connectivity index (χ1n) is 12.7. The molecule has 1 unspecified atom stereocenters. The molecule has 0 spiro atoms. The Kier molecular flexibility index (Phi) is 13.0. The van der Waals surface area contributed by atoms with Gasteiger partial charge in [-0.1, -0.05) is 50.2 Å². The third-order valence-corrected chi connectivity index (χ3v) is 5.84. The summed E-state index contributed by atoms with van der Waals surface area (Å²) in [5, 5.41) is 26.0. The van der Waals surface area contributed by atoms with Gasteiger partial charge in [0.1, 0.15) is 0 Å². The maximum absolute atomic E-state index is 13.2. The summed E-state index contributed by atoms with van der Waals surface area (Å²) in [6, 6.07) is 16.0. The van der Waals surface area contributed by atoms with Crippen LogP contribution in [0.4, 0.5) is 0 Å². The van der Waals surface area contributed by atoms with Crippen molar-refractivity contribution >= 4 is 11.8 Å². The number of rotatable bonds is 16. The van der Waals surface area contributed by atoms with E-state index < -0.39 is 12.1 Å². The van der Waals surface area contributed by atoms with Crippen LogP contribution in [0.15, 0.2) is 54.6 Å². The quantitative estimate of drug-likeness (QED) is 0.275. The van der Waals surface area contributed by atoms with Crippen molar-refractivity contribution in [2.75, 3.05) is 32.8 Å². The summed E-state index contributed by atoms with van der Waals surface area (Å²) in [7, 11) is 0. The molecule has 0 aliphatic carbocycles. The smallest absolute Gasteiger partial charge is 0.253 e. The zero-order valence-corrected chi connectivity index (χ0v) is 21.1. The largest absolute Gasteiger partial charge is 0.396 e. The lowest BCUT2D eigenvalue weighted by molar-refractivity contribution is 0.0755. The van der Waals surface area contributed by atoms with E-state index in [9.17, 15) is 14.7 Å². The molecule has 0 saturated heterocycles. The van der Waals surface area contributed by atoms with Gasteiger partial charge in [-0.2, -0.15) is 0 Å². The number of amides is 2. The summed E-state index contributed by atoms with van der Waals surface area (Å²) in [4.78, 5) is 28.0. The Morgan fingerprint density at radius 2 is 1.63 bits per heavy atom. The summed E-state index contributed by atoms with van der Waals surface area (Å²) in [5.41, 5.74) is 1.89. The molecule has 0 radical (unpaired) electrons. The molecule has 2 rings (SSSR count). The van der Waals surface area contributed by atoms with Gasteiger partial charge in [0.25, 0.3) is 11.8 Å². The lowest BCUT2D eigenvalue weighted by Gasteiger charge is -2.25. The molecule has 35 heavy (non-hydrogen) atoms. The van der Waals surface area contributed by atoms with E-state index >= 15 is 0 Å². The number of carbonyl (C=O) groups is 2. The van der Waals surface area contributed by atoms with Crippen molar-refractivity contribution in [2.24, 2.45) is 0 Å². The van der Waals surface area contributed by atoms with Crippen molar-refractivity contribution in [1.29, 1.82) is 0 Å². The lowest BCUT2D eigenvalue weighted by atomic mass is 10.00. The highest BCUT2D eigenvalue weighted by Crippen LogP contribution is 2.12. The second kappa shape index (κ2) is 16.0. The zero-order chi connectivity index (χ0) is 25.5. The normalized spacial score (nSPS) is 12.7. The van der Waals surface area contributed by atoms with Crippen LogP contribution in [0.3, 0.4) is 0 Å². The van der Waals surface area contributed by atoms with Crippen LogP contribution < -0.4 is 10.6 Å². The number of nitrogens with one attached hydrogen (secondary N) is 2. The molecule has 0 fully saturated rings. The van der Waals surface area contributed by atoms with Crippen LogP contribution in [0, 0.1) is 0 Å². The average molecular weight is 484 g/mol. The average Bonchev–Trinajstić information content (AvgIpc) is 2.88. The summed E-state index contributed by atoms with van der Waals surface area (Å²) < 4.78 is 0. The van der Waals surface area contributed by atoms with E-state index in [2.05, 4.69) is 10.6 Å². The summed E-state index contributed by atoms with van der Waals surface area (Å²) in [5.74, 6) is -0.395. The van der Waals surface area contributed by atoms with Gasteiger partial charge in [0.15, 0.2) is 0 Å². The number of hydrogen-bond acceptors (Lipinski definition) is 5. The van der Waals surface area contributed by atoms with Gasteiger partial charge in [0.05, 0.1) is 12.1 Å². The molecule has 0 aliphatic heterocycles. The molecule has 0 bridgehead atoms. The van der Waals surface area contributed by atoms with Gasteiger partial charge in [-0.3, -0.25) is 9.59 Å². The van der Waals surface area contributed by atoms with Gasteiger partial charge in [-0.05, 0) is 62.4 Å². The number of nitrogens with zero attached hydrogens (tertiary/aromatic N) is 1. The maximum atomic E-state index is 13.2. The fourth-order valence-electron chi connectivity index (χ4n) is 3.99. The van der Waals surface area contributed by atoms with Crippen molar-refractivity contribution < 1.29 is 19.8 Å². The van der Waals surface area contributed by atoms with Gasteiger partial charge in [-0.25, -0.2) is 0 Å². The van der Waals surface area contributed by atoms with Crippen LogP contribution >= 0.6 is 0 Å². The zero-order valence-electron chi connectivity index (χ0n) is 21.1. The first kappa shape index (κ1) is 28.5. The predicted octanol–water partition coefficient (Wildman–Crippen LogP) is 3.01. The van der Waals surface area contributed by atoms with Crippen LogP contribution in [0.25, 0.3) is 0 Å². The van der Waals surface area contributed by atoms with E-state index in [4.69, 9.17) is 5.11 Å². The Hall–Kier alpha value is -2.74. The van der Waals surface area contributed by atoms with E-state index in [1.54, 1.807) is 24.3 Å². The summed E-state index contributed by atoms with van der Waals surface area (Å²) >= 11 is 0. The number of aliphatic hydroxyl groups is 2. The monoisotopic (exact) mass is 483 g/mol. The Bertz CT molecular complexity index is 885. The fraction of sp³-hybridized carbons (Fsp3) is 0.500. The predicted molar refractivity (Wildman–Crippen MR) is 140 cm³/mol. The molecule has 7 heteroatoms. The second-order valence-corrected chi connectivity index (χ2v) is 8.84. The third-order valence-electron chi connectivity index (χ3n) is 5.84. The number of carbonyl (C=O) groups excluding carboxylic acids is 2. The Morgan fingerprint density at radius 3 is 2.29 bits per heavy atom. The van der Waals surface area contributed by atoms with Crippen LogP contribution in [0.1, 0.15) is 65.8 Å². The highest BCUT2D eigenvalue weighted by atomic mass is 16.3. The number of unbranched alkanes of at least 4 members (excludes halogenated alkanes) is 1. The van der Waals surface area contributed by atoms with E-state index in [1.807, 2.05) is 49.1 Å². The Labute approximate surface area is 209 Å². The minimum absolute atomic E-state index is 0.0729. The van der Waals surface area contributed by atoms with E-state index in [0.29, 0.717) is 50.1 Å². The molecular formula is C28H41N3O4. The SMILES string of the molecule is CCCN(CCC)C(=O)c1cccc(C(=O)NC(Cc2ccccc2)[C@H](O)CNCCCCO)c1. The molecule has 0 saturated carbocycles. The highest BCUT2D eigenvalue weighted by Gasteiger charge is 2.23.